The van der Waals surface area contributed by atoms with Crippen LogP contribution < -0.4 is 5.73 Å². The SMILES string of the molecule is CCc1cc(-c2cc(-c3ccc(C)cn3)nc(N)c2C#N)on1. The Balaban J connectivity index is 2.17. The van der Waals surface area contributed by atoms with Crippen molar-refractivity contribution >= 4 is 5.82 Å². The first-order valence-electron chi connectivity index (χ1n) is 7.22. The molecule has 0 saturated heterocycles. The molecule has 23 heavy (non-hydrogen) atoms. The Labute approximate surface area is 133 Å². The molecule has 0 bridgehead atoms. The number of anilines is 1. The Morgan fingerprint density at radius 1 is 1.26 bits per heavy atom. The minimum absolute atomic E-state index is 0.150. The van der Waals surface area contributed by atoms with Crippen molar-refractivity contribution in [2.45, 2.75) is 20.3 Å². The number of nitriles is 1. The second kappa shape index (κ2) is 5.89. The molecule has 0 fully saturated rings. The number of nitrogens with zero attached hydrogens (tertiary/aromatic N) is 4. The summed E-state index contributed by atoms with van der Waals surface area (Å²) >= 11 is 0. The summed E-state index contributed by atoms with van der Waals surface area (Å²) in [6, 6.07) is 9.46. The van der Waals surface area contributed by atoms with E-state index in [-0.39, 0.29) is 11.4 Å². The van der Waals surface area contributed by atoms with Crippen LogP contribution in [0.1, 0.15) is 23.7 Å². The fourth-order valence-electron chi connectivity index (χ4n) is 2.23. The highest BCUT2D eigenvalue weighted by molar-refractivity contribution is 5.77. The van der Waals surface area contributed by atoms with Crippen LogP contribution in [0.15, 0.2) is 35.0 Å². The minimum Gasteiger partial charge on any atom is -0.383 e. The van der Waals surface area contributed by atoms with Crippen LogP contribution in [0, 0.1) is 18.3 Å². The van der Waals surface area contributed by atoms with Crippen molar-refractivity contribution in [3.8, 4) is 28.8 Å². The molecule has 0 aromatic carbocycles. The summed E-state index contributed by atoms with van der Waals surface area (Å²) in [5.41, 5.74) is 9.94. The van der Waals surface area contributed by atoms with Crippen molar-refractivity contribution in [2.75, 3.05) is 5.73 Å². The molecule has 0 aliphatic rings. The first-order valence-corrected chi connectivity index (χ1v) is 7.22. The highest BCUT2D eigenvalue weighted by atomic mass is 16.5. The van der Waals surface area contributed by atoms with E-state index in [0.717, 1.165) is 17.7 Å². The summed E-state index contributed by atoms with van der Waals surface area (Å²) < 4.78 is 5.34. The lowest BCUT2D eigenvalue weighted by Gasteiger charge is -2.07. The fraction of sp³-hybridized carbons (Fsp3) is 0.176. The Morgan fingerprint density at radius 2 is 2.09 bits per heavy atom. The molecule has 0 radical (unpaired) electrons. The Kier molecular flexibility index (Phi) is 3.77. The third kappa shape index (κ3) is 2.77. The highest BCUT2D eigenvalue weighted by Crippen LogP contribution is 2.31. The zero-order chi connectivity index (χ0) is 16.4. The molecule has 0 saturated carbocycles. The number of hydrogen-bond acceptors (Lipinski definition) is 6. The number of nitrogen functional groups attached to an aromatic ring is 1. The smallest absolute Gasteiger partial charge is 0.168 e. The van der Waals surface area contributed by atoms with Gasteiger partial charge in [0, 0.05) is 17.8 Å². The summed E-state index contributed by atoms with van der Waals surface area (Å²) in [4.78, 5) is 8.64. The van der Waals surface area contributed by atoms with Gasteiger partial charge in [-0.2, -0.15) is 5.26 Å². The van der Waals surface area contributed by atoms with Crippen molar-refractivity contribution in [3.05, 3.63) is 47.3 Å². The number of pyridine rings is 2. The summed E-state index contributed by atoms with van der Waals surface area (Å²) in [5.74, 6) is 0.651. The molecular formula is C17H15N5O. The van der Waals surface area contributed by atoms with Crippen LogP contribution in [0.5, 0.6) is 0 Å². The molecule has 0 unspecified atom stereocenters. The Morgan fingerprint density at radius 3 is 2.70 bits per heavy atom. The van der Waals surface area contributed by atoms with Gasteiger partial charge < -0.3 is 10.3 Å². The van der Waals surface area contributed by atoms with E-state index >= 15 is 0 Å². The van der Waals surface area contributed by atoms with E-state index in [2.05, 4.69) is 21.2 Å². The van der Waals surface area contributed by atoms with Crippen LogP contribution in [0.3, 0.4) is 0 Å². The molecule has 3 rings (SSSR count). The molecule has 6 nitrogen and oxygen atoms in total. The van der Waals surface area contributed by atoms with E-state index in [1.165, 1.54) is 0 Å². The first-order chi connectivity index (χ1) is 11.1. The number of aryl methyl sites for hydroxylation is 2. The Hall–Kier alpha value is -3.20. The van der Waals surface area contributed by atoms with Crippen molar-refractivity contribution in [3.63, 3.8) is 0 Å². The molecule has 3 aromatic rings. The van der Waals surface area contributed by atoms with Gasteiger partial charge in [0.15, 0.2) is 5.76 Å². The predicted octanol–water partition coefficient (Wildman–Crippen LogP) is 3.12. The predicted molar refractivity (Wildman–Crippen MR) is 86.2 cm³/mol. The van der Waals surface area contributed by atoms with Crippen LogP contribution in [0.4, 0.5) is 5.82 Å². The van der Waals surface area contributed by atoms with Crippen molar-refractivity contribution < 1.29 is 4.52 Å². The maximum absolute atomic E-state index is 9.37. The summed E-state index contributed by atoms with van der Waals surface area (Å²) in [6.07, 6.45) is 2.51. The molecular weight excluding hydrogens is 290 g/mol. The van der Waals surface area contributed by atoms with Gasteiger partial charge in [0.25, 0.3) is 0 Å². The Bertz CT molecular complexity index is 890. The molecule has 6 heteroatoms. The maximum Gasteiger partial charge on any atom is 0.168 e. The van der Waals surface area contributed by atoms with Gasteiger partial charge in [0.1, 0.15) is 17.5 Å². The number of hydrogen-bond donors (Lipinski definition) is 1. The zero-order valence-electron chi connectivity index (χ0n) is 12.9. The van der Waals surface area contributed by atoms with Gasteiger partial charge in [0.2, 0.25) is 0 Å². The zero-order valence-corrected chi connectivity index (χ0v) is 12.9. The fourth-order valence-corrected chi connectivity index (χ4v) is 2.23. The van der Waals surface area contributed by atoms with Gasteiger partial charge in [-0.25, -0.2) is 4.98 Å². The molecule has 2 N–H and O–H groups in total. The van der Waals surface area contributed by atoms with E-state index in [1.807, 2.05) is 32.0 Å². The number of nitrogens with two attached hydrogens (primary N) is 1. The largest absolute Gasteiger partial charge is 0.383 e. The maximum atomic E-state index is 9.37. The lowest BCUT2D eigenvalue weighted by Crippen LogP contribution is -2.00. The first kappa shape index (κ1) is 14.7. The average molecular weight is 305 g/mol. The normalized spacial score (nSPS) is 10.5. The van der Waals surface area contributed by atoms with Crippen molar-refractivity contribution in [1.29, 1.82) is 5.26 Å². The van der Waals surface area contributed by atoms with Gasteiger partial charge in [-0.15, -0.1) is 0 Å². The molecule has 0 amide bonds. The minimum atomic E-state index is 0.150. The van der Waals surface area contributed by atoms with Crippen LogP contribution in [0.25, 0.3) is 22.7 Å². The molecule has 0 spiro atoms. The standard InChI is InChI=1S/C17H15N5O/c1-3-11-6-16(23-22-11)12-7-15(21-17(19)13(12)8-18)14-5-4-10(2)9-20-14/h4-7,9H,3H2,1-2H3,(H2,19,21). The van der Waals surface area contributed by atoms with E-state index in [9.17, 15) is 5.26 Å². The second-order valence-corrected chi connectivity index (χ2v) is 5.18. The van der Waals surface area contributed by atoms with Crippen LogP contribution in [-0.4, -0.2) is 15.1 Å². The van der Waals surface area contributed by atoms with Crippen LogP contribution in [0.2, 0.25) is 0 Å². The molecule has 114 valence electrons. The van der Waals surface area contributed by atoms with Gasteiger partial charge >= 0.3 is 0 Å². The molecule has 0 aliphatic heterocycles. The summed E-state index contributed by atoms with van der Waals surface area (Å²) in [6.45, 7) is 3.94. The van der Waals surface area contributed by atoms with E-state index < -0.39 is 0 Å². The van der Waals surface area contributed by atoms with Gasteiger partial charge in [0.05, 0.1) is 17.1 Å². The summed E-state index contributed by atoms with van der Waals surface area (Å²) in [7, 11) is 0. The average Bonchev–Trinajstić information content (AvgIpc) is 3.03. The number of aromatic nitrogens is 3. The highest BCUT2D eigenvalue weighted by Gasteiger charge is 2.17. The van der Waals surface area contributed by atoms with E-state index in [1.54, 1.807) is 12.3 Å². The number of rotatable bonds is 3. The topological polar surface area (TPSA) is 102 Å². The van der Waals surface area contributed by atoms with Gasteiger partial charge in [-0.1, -0.05) is 18.1 Å². The lowest BCUT2D eigenvalue weighted by atomic mass is 10.0. The molecule has 0 aliphatic carbocycles. The van der Waals surface area contributed by atoms with E-state index in [0.29, 0.717) is 22.7 Å². The third-order valence-electron chi connectivity index (χ3n) is 3.52. The van der Waals surface area contributed by atoms with Crippen LogP contribution in [-0.2, 0) is 6.42 Å². The molecule has 0 atom stereocenters. The lowest BCUT2D eigenvalue weighted by molar-refractivity contribution is 0.424. The van der Waals surface area contributed by atoms with E-state index in [4.69, 9.17) is 10.3 Å². The molecule has 3 aromatic heterocycles. The van der Waals surface area contributed by atoms with Crippen LogP contribution >= 0.6 is 0 Å². The van der Waals surface area contributed by atoms with Crippen molar-refractivity contribution in [1.82, 2.24) is 15.1 Å². The summed E-state index contributed by atoms with van der Waals surface area (Å²) in [5, 5.41) is 13.3. The second-order valence-electron chi connectivity index (χ2n) is 5.18. The quantitative estimate of drug-likeness (QED) is 0.797. The van der Waals surface area contributed by atoms with Gasteiger partial charge in [-0.3, -0.25) is 4.98 Å². The van der Waals surface area contributed by atoms with Crippen molar-refractivity contribution in [2.24, 2.45) is 0 Å². The van der Waals surface area contributed by atoms with Gasteiger partial charge in [-0.05, 0) is 31.0 Å². The third-order valence-corrected chi connectivity index (χ3v) is 3.52. The monoisotopic (exact) mass is 305 g/mol. The molecule has 3 heterocycles.